The van der Waals surface area contributed by atoms with Crippen LogP contribution >= 0.6 is 0 Å². The molecule has 0 aliphatic rings. The molecule has 0 aliphatic carbocycles. The minimum Gasteiger partial charge on any atom is -0.378 e. The summed E-state index contributed by atoms with van der Waals surface area (Å²) in [6.07, 6.45) is 0. The van der Waals surface area contributed by atoms with Gasteiger partial charge in [0, 0.05) is 30.3 Å². The molecule has 0 saturated heterocycles. The minimum atomic E-state index is -0.519. The number of hydrogen-bond donors (Lipinski definition) is 3. The van der Waals surface area contributed by atoms with Crippen LogP contribution in [0.5, 0.6) is 0 Å². The Morgan fingerprint density at radius 1 is 1.45 bits per heavy atom. The second-order valence-corrected chi connectivity index (χ2v) is 5.19. The molecule has 1 aromatic carbocycles. The summed E-state index contributed by atoms with van der Waals surface area (Å²) in [6, 6.07) is 4.33. The number of carbonyl (C=O) groups excluding carboxylic acids is 1. The van der Waals surface area contributed by atoms with E-state index in [0.717, 1.165) is 0 Å². The van der Waals surface area contributed by atoms with Crippen molar-refractivity contribution in [3.05, 3.63) is 33.9 Å². The molecule has 0 aliphatic heterocycles. The van der Waals surface area contributed by atoms with Crippen molar-refractivity contribution in [3.8, 4) is 0 Å². The van der Waals surface area contributed by atoms with Gasteiger partial charge in [0.1, 0.15) is 5.69 Å². The standard InChI is InChI=1S/C13H20N4O3/c1-4-15-12(18)9-5-6-10(11(7-9)17(19)20)16-8-13(2,3)14/h5-7,16H,4,8,14H2,1-3H3,(H,15,18). The van der Waals surface area contributed by atoms with Crippen molar-refractivity contribution >= 4 is 17.3 Å². The number of nitro benzene ring substituents is 1. The highest BCUT2D eigenvalue weighted by Gasteiger charge is 2.19. The second-order valence-electron chi connectivity index (χ2n) is 5.19. The Morgan fingerprint density at radius 2 is 2.10 bits per heavy atom. The van der Waals surface area contributed by atoms with Crippen molar-refractivity contribution in [1.29, 1.82) is 0 Å². The topological polar surface area (TPSA) is 110 Å². The highest BCUT2D eigenvalue weighted by Crippen LogP contribution is 2.26. The van der Waals surface area contributed by atoms with Crippen molar-refractivity contribution in [2.45, 2.75) is 26.3 Å². The molecule has 7 heteroatoms. The van der Waals surface area contributed by atoms with E-state index in [1.54, 1.807) is 13.0 Å². The number of nitrogens with one attached hydrogen (secondary N) is 2. The van der Waals surface area contributed by atoms with Gasteiger partial charge in [-0.1, -0.05) is 0 Å². The number of benzene rings is 1. The maximum absolute atomic E-state index is 11.7. The molecule has 0 radical (unpaired) electrons. The zero-order chi connectivity index (χ0) is 15.3. The third kappa shape index (κ3) is 4.51. The maximum atomic E-state index is 11.7. The van der Waals surface area contributed by atoms with Crippen LogP contribution in [0.15, 0.2) is 18.2 Å². The Labute approximate surface area is 117 Å². The first-order valence-corrected chi connectivity index (χ1v) is 6.34. The van der Waals surface area contributed by atoms with Gasteiger partial charge in [-0.05, 0) is 32.9 Å². The van der Waals surface area contributed by atoms with Gasteiger partial charge in [0.25, 0.3) is 11.6 Å². The second kappa shape index (κ2) is 6.33. The first-order valence-electron chi connectivity index (χ1n) is 6.34. The fraction of sp³-hybridized carbons (Fsp3) is 0.462. The molecule has 110 valence electrons. The van der Waals surface area contributed by atoms with Gasteiger partial charge < -0.3 is 16.4 Å². The number of hydrogen-bond acceptors (Lipinski definition) is 5. The highest BCUT2D eigenvalue weighted by atomic mass is 16.6. The predicted octanol–water partition coefficient (Wildman–Crippen LogP) is 1.49. The normalized spacial score (nSPS) is 11.0. The summed E-state index contributed by atoms with van der Waals surface area (Å²) < 4.78 is 0. The van der Waals surface area contributed by atoms with Crippen LogP contribution in [0.3, 0.4) is 0 Å². The van der Waals surface area contributed by atoms with Gasteiger partial charge in [0.2, 0.25) is 0 Å². The third-order valence-corrected chi connectivity index (χ3v) is 2.53. The predicted molar refractivity (Wildman–Crippen MR) is 77.9 cm³/mol. The van der Waals surface area contributed by atoms with Gasteiger partial charge in [-0.15, -0.1) is 0 Å². The largest absolute Gasteiger partial charge is 0.378 e. The lowest BCUT2D eigenvalue weighted by atomic mass is 10.1. The Balaban J connectivity index is 3.02. The van der Waals surface area contributed by atoms with E-state index in [2.05, 4.69) is 10.6 Å². The molecule has 0 spiro atoms. The van der Waals surface area contributed by atoms with Crippen LogP contribution in [0.1, 0.15) is 31.1 Å². The molecule has 1 amide bonds. The quantitative estimate of drug-likeness (QED) is 0.540. The zero-order valence-electron chi connectivity index (χ0n) is 11.9. The molecule has 1 aromatic rings. The van der Waals surface area contributed by atoms with Crippen LogP contribution in [0, 0.1) is 10.1 Å². The molecule has 0 fully saturated rings. The fourth-order valence-electron chi connectivity index (χ4n) is 1.56. The summed E-state index contributed by atoms with van der Waals surface area (Å²) in [5.41, 5.74) is 5.80. The van der Waals surface area contributed by atoms with Crippen molar-refractivity contribution in [3.63, 3.8) is 0 Å². The van der Waals surface area contributed by atoms with Crippen molar-refractivity contribution in [1.82, 2.24) is 5.32 Å². The van der Waals surface area contributed by atoms with E-state index in [9.17, 15) is 14.9 Å². The van der Waals surface area contributed by atoms with E-state index in [0.29, 0.717) is 18.8 Å². The number of rotatable bonds is 6. The Morgan fingerprint density at radius 3 is 2.60 bits per heavy atom. The number of nitro groups is 1. The number of nitrogens with zero attached hydrogens (tertiary/aromatic N) is 1. The van der Waals surface area contributed by atoms with Crippen LogP contribution in [0.4, 0.5) is 11.4 Å². The average molecular weight is 280 g/mol. The molecule has 1 rings (SSSR count). The summed E-state index contributed by atoms with van der Waals surface area (Å²) in [4.78, 5) is 22.2. The number of amides is 1. The molecule has 20 heavy (non-hydrogen) atoms. The first-order chi connectivity index (χ1) is 9.24. The van der Waals surface area contributed by atoms with E-state index in [1.165, 1.54) is 12.1 Å². The lowest BCUT2D eigenvalue weighted by Crippen LogP contribution is -2.39. The molecule has 0 aromatic heterocycles. The van der Waals surface area contributed by atoms with Gasteiger partial charge in [0.15, 0.2) is 0 Å². The number of anilines is 1. The van der Waals surface area contributed by atoms with Gasteiger partial charge in [-0.25, -0.2) is 0 Å². The molecule has 7 nitrogen and oxygen atoms in total. The van der Waals surface area contributed by atoms with Gasteiger partial charge >= 0.3 is 0 Å². The molecule has 0 atom stereocenters. The first kappa shape index (κ1) is 15.9. The zero-order valence-corrected chi connectivity index (χ0v) is 11.9. The maximum Gasteiger partial charge on any atom is 0.293 e. The summed E-state index contributed by atoms with van der Waals surface area (Å²) >= 11 is 0. The van der Waals surface area contributed by atoms with Gasteiger partial charge in [-0.3, -0.25) is 14.9 Å². The van der Waals surface area contributed by atoms with E-state index in [1.807, 2.05) is 13.8 Å². The lowest BCUT2D eigenvalue weighted by molar-refractivity contribution is -0.384. The summed E-state index contributed by atoms with van der Waals surface area (Å²) in [6.45, 7) is 6.26. The molecular formula is C13H20N4O3. The molecule has 0 heterocycles. The Hall–Kier alpha value is -2.15. The molecule has 0 unspecified atom stereocenters. The molecular weight excluding hydrogens is 260 g/mol. The van der Waals surface area contributed by atoms with Crippen molar-refractivity contribution in [2.75, 3.05) is 18.4 Å². The van der Waals surface area contributed by atoms with E-state index >= 15 is 0 Å². The molecule has 4 N–H and O–H groups in total. The van der Waals surface area contributed by atoms with Crippen LogP contribution in [0.25, 0.3) is 0 Å². The summed E-state index contributed by atoms with van der Waals surface area (Å²) in [5.74, 6) is -0.332. The van der Waals surface area contributed by atoms with Crippen molar-refractivity contribution < 1.29 is 9.72 Å². The Bertz CT molecular complexity index is 509. The highest BCUT2D eigenvalue weighted by molar-refractivity contribution is 5.95. The van der Waals surface area contributed by atoms with E-state index in [4.69, 9.17) is 5.73 Å². The summed E-state index contributed by atoms with van der Waals surface area (Å²) in [7, 11) is 0. The number of nitrogens with two attached hydrogens (primary N) is 1. The minimum absolute atomic E-state index is 0.141. The fourth-order valence-corrected chi connectivity index (χ4v) is 1.56. The van der Waals surface area contributed by atoms with Gasteiger partial charge in [0.05, 0.1) is 4.92 Å². The van der Waals surface area contributed by atoms with Crippen LogP contribution in [0.2, 0.25) is 0 Å². The average Bonchev–Trinajstić information content (AvgIpc) is 2.35. The SMILES string of the molecule is CCNC(=O)c1ccc(NCC(C)(C)N)c([N+](=O)[O-])c1. The molecule has 0 bridgehead atoms. The van der Waals surface area contributed by atoms with Crippen LogP contribution in [-0.2, 0) is 0 Å². The number of carbonyl (C=O) groups is 1. The van der Waals surface area contributed by atoms with E-state index < -0.39 is 10.5 Å². The van der Waals surface area contributed by atoms with E-state index in [-0.39, 0.29) is 17.2 Å². The Kier molecular flexibility index (Phi) is 5.04. The van der Waals surface area contributed by atoms with Crippen molar-refractivity contribution in [2.24, 2.45) is 5.73 Å². The van der Waals surface area contributed by atoms with Crippen LogP contribution in [-0.4, -0.2) is 29.5 Å². The monoisotopic (exact) mass is 280 g/mol. The smallest absolute Gasteiger partial charge is 0.293 e. The van der Waals surface area contributed by atoms with Crippen LogP contribution < -0.4 is 16.4 Å². The summed E-state index contributed by atoms with van der Waals surface area (Å²) in [5, 5.41) is 16.6. The third-order valence-electron chi connectivity index (χ3n) is 2.53. The van der Waals surface area contributed by atoms with Gasteiger partial charge in [-0.2, -0.15) is 0 Å². The lowest BCUT2D eigenvalue weighted by Gasteiger charge is -2.19. The molecule has 0 saturated carbocycles.